The van der Waals surface area contributed by atoms with Gasteiger partial charge in [-0.05, 0) is 47.2 Å². The third kappa shape index (κ3) is 7.48. The van der Waals surface area contributed by atoms with Gasteiger partial charge >= 0.3 is 6.03 Å². The number of amidine groups is 1. The first kappa shape index (κ1) is 27.6. The number of rotatable bonds is 9. The number of likely N-dealkylation sites (tertiary alicyclic amines) is 1. The number of amides is 2. The molecular formula is C29H39FN4O2. The number of methoxy groups -OCH3 is 1. The third-order valence-corrected chi connectivity index (χ3v) is 6.82. The van der Waals surface area contributed by atoms with Crippen LogP contribution in [0.15, 0.2) is 65.7 Å². The molecule has 2 aromatic rings. The summed E-state index contributed by atoms with van der Waals surface area (Å²) in [7, 11) is 5.45. The van der Waals surface area contributed by atoms with Crippen molar-refractivity contribution in [2.45, 2.75) is 32.2 Å². The normalized spacial score (nSPS) is 19.8. The fraction of sp³-hybridized carbons (Fsp3) is 0.448. The number of urea groups is 1. The van der Waals surface area contributed by atoms with E-state index in [0.717, 1.165) is 37.2 Å². The molecule has 7 heteroatoms. The molecule has 1 fully saturated rings. The zero-order valence-electron chi connectivity index (χ0n) is 22.1. The van der Waals surface area contributed by atoms with Crippen LogP contribution in [0.5, 0.6) is 0 Å². The molecule has 1 saturated heterocycles. The summed E-state index contributed by atoms with van der Waals surface area (Å²) in [6.07, 6.45) is 2.85. The van der Waals surface area contributed by atoms with Gasteiger partial charge in [0.15, 0.2) is 0 Å². The molecule has 1 N–H and O–H groups in total. The van der Waals surface area contributed by atoms with Crippen LogP contribution in [0.25, 0.3) is 5.57 Å². The van der Waals surface area contributed by atoms with E-state index in [2.05, 4.69) is 41.2 Å². The smallest absolute Gasteiger partial charge is 0.343 e. The van der Waals surface area contributed by atoms with Crippen molar-refractivity contribution in [2.24, 2.45) is 10.9 Å². The van der Waals surface area contributed by atoms with E-state index >= 15 is 0 Å². The van der Waals surface area contributed by atoms with Gasteiger partial charge in [0.2, 0.25) is 0 Å². The van der Waals surface area contributed by atoms with Crippen LogP contribution < -0.4 is 5.32 Å². The molecule has 1 aliphatic rings. The number of nitrogens with one attached hydrogen (secondary N) is 1. The molecule has 0 bridgehead atoms. The molecule has 6 nitrogen and oxygen atoms in total. The van der Waals surface area contributed by atoms with Crippen molar-refractivity contribution in [3.8, 4) is 0 Å². The first-order valence-corrected chi connectivity index (χ1v) is 12.6. The topological polar surface area (TPSA) is 57.2 Å². The van der Waals surface area contributed by atoms with Gasteiger partial charge in [-0.1, -0.05) is 56.3 Å². The van der Waals surface area contributed by atoms with Gasteiger partial charge in [-0.25, -0.2) is 9.18 Å². The first-order chi connectivity index (χ1) is 17.3. The molecule has 0 aliphatic carbocycles. The third-order valence-electron chi connectivity index (χ3n) is 6.82. The number of likely N-dealkylation sites (N-methyl/N-ethyl adjacent to an activating group) is 1. The second kappa shape index (κ2) is 13.3. The standard InChI is InChI=1S/C29H39FN4O2/c1-6-21(2)25(23-12-14-24(30)15-13-23)18-28(33(3)4)32-29(35)31-27-20-34(16-17-36-5)19-26(27)22-10-8-7-9-11-22/h7-15,18,21,26-27H,6,16-17,19-20H2,1-5H3,(H,31,35)/b25-18+,32-28?. The Balaban J connectivity index is 1.85. The fourth-order valence-corrected chi connectivity index (χ4v) is 4.54. The minimum atomic E-state index is -0.364. The Hall–Kier alpha value is -3.03. The van der Waals surface area contributed by atoms with Crippen molar-refractivity contribution in [1.82, 2.24) is 15.1 Å². The molecule has 1 aliphatic heterocycles. The summed E-state index contributed by atoms with van der Waals surface area (Å²) in [5.74, 6) is 0.676. The highest BCUT2D eigenvalue weighted by atomic mass is 19.1. The van der Waals surface area contributed by atoms with Gasteiger partial charge in [0, 0.05) is 46.8 Å². The van der Waals surface area contributed by atoms with Crippen molar-refractivity contribution in [3.05, 3.63) is 77.6 Å². The number of allylic oxidation sites excluding steroid dienone is 1. The monoisotopic (exact) mass is 494 g/mol. The Morgan fingerprint density at radius 3 is 2.50 bits per heavy atom. The van der Waals surface area contributed by atoms with E-state index in [9.17, 15) is 9.18 Å². The lowest BCUT2D eigenvalue weighted by molar-refractivity contribution is 0.159. The molecule has 194 valence electrons. The van der Waals surface area contributed by atoms with Gasteiger partial charge in [0.25, 0.3) is 0 Å². The number of ether oxygens (including phenoxy) is 1. The van der Waals surface area contributed by atoms with Crippen molar-refractivity contribution < 1.29 is 13.9 Å². The second-order valence-electron chi connectivity index (χ2n) is 9.61. The molecular weight excluding hydrogens is 455 g/mol. The average Bonchev–Trinajstić information content (AvgIpc) is 3.28. The maximum absolute atomic E-state index is 13.5. The maximum atomic E-state index is 13.5. The summed E-state index contributed by atoms with van der Waals surface area (Å²) in [5, 5.41) is 3.17. The van der Waals surface area contributed by atoms with E-state index in [-0.39, 0.29) is 29.7 Å². The molecule has 3 atom stereocenters. The van der Waals surface area contributed by atoms with E-state index in [4.69, 9.17) is 4.74 Å². The van der Waals surface area contributed by atoms with Gasteiger partial charge in [-0.15, -0.1) is 0 Å². The molecule has 3 rings (SSSR count). The van der Waals surface area contributed by atoms with Gasteiger partial charge in [0.1, 0.15) is 11.7 Å². The summed E-state index contributed by atoms with van der Waals surface area (Å²) >= 11 is 0. The molecule has 2 amide bonds. The van der Waals surface area contributed by atoms with Crippen LogP contribution in [-0.2, 0) is 4.74 Å². The van der Waals surface area contributed by atoms with Gasteiger partial charge in [-0.3, -0.25) is 4.90 Å². The Bertz CT molecular complexity index is 1040. The van der Waals surface area contributed by atoms with E-state index in [1.165, 1.54) is 17.7 Å². The zero-order valence-corrected chi connectivity index (χ0v) is 22.1. The van der Waals surface area contributed by atoms with E-state index in [1.807, 2.05) is 43.3 Å². The number of benzene rings is 2. The van der Waals surface area contributed by atoms with Crippen molar-refractivity contribution in [3.63, 3.8) is 0 Å². The van der Waals surface area contributed by atoms with Crippen LogP contribution in [-0.4, -0.2) is 75.2 Å². The van der Waals surface area contributed by atoms with Gasteiger partial charge < -0.3 is 15.0 Å². The molecule has 1 heterocycles. The van der Waals surface area contributed by atoms with Crippen LogP contribution >= 0.6 is 0 Å². The van der Waals surface area contributed by atoms with Crippen LogP contribution in [0.3, 0.4) is 0 Å². The highest BCUT2D eigenvalue weighted by Gasteiger charge is 2.34. The molecule has 36 heavy (non-hydrogen) atoms. The highest BCUT2D eigenvalue weighted by molar-refractivity contribution is 6.04. The lowest BCUT2D eigenvalue weighted by atomic mass is 9.91. The van der Waals surface area contributed by atoms with Crippen LogP contribution in [0.2, 0.25) is 0 Å². The Labute approximate surface area is 214 Å². The largest absolute Gasteiger partial charge is 0.383 e. The highest BCUT2D eigenvalue weighted by Crippen LogP contribution is 2.28. The number of aliphatic imine (C=N–C) groups is 1. The average molecular weight is 495 g/mol. The number of hydrogen-bond donors (Lipinski definition) is 1. The van der Waals surface area contributed by atoms with Crippen LogP contribution in [0, 0.1) is 11.7 Å². The quantitative estimate of drug-likeness (QED) is 0.392. The summed E-state index contributed by atoms with van der Waals surface area (Å²) in [6, 6.07) is 16.4. The molecule has 2 aromatic carbocycles. The molecule has 0 radical (unpaired) electrons. The number of carbonyl (C=O) groups is 1. The predicted octanol–water partition coefficient (Wildman–Crippen LogP) is 5.04. The minimum absolute atomic E-state index is 0.0565. The minimum Gasteiger partial charge on any atom is -0.383 e. The Morgan fingerprint density at radius 2 is 1.89 bits per heavy atom. The molecule has 0 aromatic heterocycles. The van der Waals surface area contributed by atoms with Gasteiger partial charge in [0.05, 0.1) is 12.6 Å². The van der Waals surface area contributed by atoms with E-state index in [0.29, 0.717) is 12.4 Å². The molecule has 3 unspecified atom stereocenters. The van der Waals surface area contributed by atoms with Crippen molar-refractivity contribution >= 4 is 17.4 Å². The summed E-state index contributed by atoms with van der Waals surface area (Å²) in [6.45, 7) is 7.30. The summed E-state index contributed by atoms with van der Waals surface area (Å²) < 4.78 is 18.8. The van der Waals surface area contributed by atoms with Crippen molar-refractivity contribution in [1.29, 1.82) is 0 Å². The second-order valence-corrected chi connectivity index (χ2v) is 9.61. The molecule has 0 spiro atoms. The fourth-order valence-electron chi connectivity index (χ4n) is 4.54. The van der Waals surface area contributed by atoms with E-state index in [1.54, 1.807) is 19.2 Å². The number of halogens is 1. The van der Waals surface area contributed by atoms with Gasteiger partial charge in [-0.2, -0.15) is 4.99 Å². The number of carbonyl (C=O) groups excluding carboxylic acids is 1. The Kier molecular flexibility index (Phi) is 10.2. The number of nitrogens with zero attached hydrogens (tertiary/aromatic N) is 3. The van der Waals surface area contributed by atoms with E-state index < -0.39 is 0 Å². The lowest BCUT2D eigenvalue weighted by Gasteiger charge is -2.21. The zero-order chi connectivity index (χ0) is 26.1. The maximum Gasteiger partial charge on any atom is 0.343 e. The SMILES string of the molecule is CCC(C)/C(=C\C(=NC(=O)NC1CN(CCOC)CC1c1ccccc1)N(C)C)c1ccc(F)cc1. The lowest BCUT2D eigenvalue weighted by Crippen LogP contribution is -2.39. The first-order valence-electron chi connectivity index (χ1n) is 12.6. The summed E-state index contributed by atoms with van der Waals surface area (Å²) in [5.41, 5.74) is 3.15. The predicted molar refractivity (Wildman–Crippen MR) is 145 cm³/mol. The molecule has 0 saturated carbocycles. The Morgan fingerprint density at radius 1 is 1.19 bits per heavy atom. The summed E-state index contributed by atoms with van der Waals surface area (Å²) in [4.78, 5) is 21.8. The van der Waals surface area contributed by atoms with Crippen LogP contribution in [0.4, 0.5) is 9.18 Å². The van der Waals surface area contributed by atoms with Crippen LogP contribution in [0.1, 0.15) is 37.3 Å². The number of hydrogen-bond acceptors (Lipinski definition) is 3. The van der Waals surface area contributed by atoms with Crippen molar-refractivity contribution in [2.75, 3.05) is 47.4 Å².